The lowest BCUT2D eigenvalue weighted by Gasteiger charge is -2.09. The molecule has 0 unspecified atom stereocenters. The SMILES string of the molecule is CC(C)Cc1cccc(OC(=O)C(C)C)c1. The van der Waals surface area contributed by atoms with Crippen LogP contribution in [0.1, 0.15) is 33.3 Å². The van der Waals surface area contributed by atoms with Crippen LogP contribution in [-0.4, -0.2) is 5.97 Å². The molecule has 0 aliphatic carbocycles. The van der Waals surface area contributed by atoms with Gasteiger partial charge in [-0.1, -0.05) is 39.8 Å². The van der Waals surface area contributed by atoms with Gasteiger partial charge in [0.25, 0.3) is 0 Å². The minimum atomic E-state index is -0.179. The minimum absolute atomic E-state index is 0.0891. The highest BCUT2D eigenvalue weighted by Crippen LogP contribution is 2.17. The third kappa shape index (κ3) is 4.05. The van der Waals surface area contributed by atoms with Crippen molar-refractivity contribution in [2.24, 2.45) is 11.8 Å². The second-order valence-corrected chi connectivity index (χ2v) is 4.82. The van der Waals surface area contributed by atoms with Gasteiger partial charge in [-0.3, -0.25) is 4.79 Å². The summed E-state index contributed by atoms with van der Waals surface area (Å²) in [6.45, 7) is 8.01. The lowest BCUT2D eigenvalue weighted by molar-refractivity contribution is -0.137. The minimum Gasteiger partial charge on any atom is -0.426 e. The van der Waals surface area contributed by atoms with Gasteiger partial charge in [0.2, 0.25) is 0 Å². The molecule has 0 fully saturated rings. The molecule has 0 amide bonds. The van der Waals surface area contributed by atoms with Gasteiger partial charge in [-0.2, -0.15) is 0 Å². The molecule has 1 aromatic rings. The highest BCUT2D eigenvalue weighted by molar-refractivity contribution is 5.74. The monoisotopic (exact) mass is 220 g/mol. The van der Waals surface area contributed by atoms with Gasteiger partial charge in [-0.25, -0.2) is 0 Å². The van der Waals surface area contributed by atoms with Crippen molar-refractivity contribution < 1.29 is 9.53 Å². The summed E-state index contributed by atoms with van der Waals surface area (Å²) in [4.78, 5) is 11.4. The van der Waals surface area contributed by atoms with Crippen LogP contribution in [0.25, 0.3) is 0 Å². The highest BCUT2D eigenvalue weighted by atomic mass is 16.5. The Labute approximate surface area is 97.6 Å². The van der Waals surface area contributed by atoms with Crippen molar-refractivity contribution in [3.05, 3.63) is 29.8 Å². The van der Waals surface area contributed by atoms with Gasteiger partial charge in [-0.15, -0.1) is 0 Å². The molecule has 0 bridgehead atoms. The zero-order chi connectivity index (χ0) is 12.1. The van der Waals surface area contributed by atoms with E-state index < -0.39 is 0 Å². The molecule has 0 aromatic heterocycles. The van der Waals surface area contributed by atoms with Crippen molar-refractivity contribution in [3.63, 3.8) is 0 Å². The van der Waals surface area contributed by atoms with Gasteiger partial charge in [0.15, 0.2) is 0 Å². The predicted octanol–water partition coefficient (Wildman–Crippen LogP) is 3.45. The molecule has 0 saturated heterocycles. The van der Waals surface area contributed by atoms with E-state index in [2.05, 4.69) is 19.9 Å². The number of carbonyl (C=O) groups excluding carboxylic acids is 1. The van der Waals surface area contributed by atoms with Gasteiger partial charge >= 0.3 is 5.97 Å². The summed E-state index contributed by atoms with van der Waals surface area (Å²) in [6, 6.07) is 7.76. The largest absolute Gasteiger partial charge is 0.426 e. The normalized spacial score (nSPS) is 10.9. The zero-order valence-corrected chi connectivity index (χ0v) is 10.5. The van der Waals surface area contributed by atoms with Gasteiger partial charge in [0, 0.05) is 0 Å². The molecule has 2 nitrogen and oxygen atoms in total. The van der Waals surface area contributed by atoms with E-state index in [1.807, 2.05) is 32.0 Å². The molecule has 88 valence electrons. The standard InChI is InChI=1S/C14H20O2/c1-10(2)8-12-6-5-7-13(9-12)16-14(15)11(3)4/h5-7,9-11H,8H2,1-4H3. The summed E-state index contributed by atoms with van der Waals surface area (Å²) in [5, 5.41) is 0. The molecule has 1 rings (SSSR count). The molecule has 0 N–H and O–H groups in total. The quantitative estimate of drug-likeness (QED) is 0.574. The lowest BCUT2D eigenvalue weighted by Crippen LogP contribution is -2.14. The molecule has 1 aromatic carbocycles. The van der Waals surface area contributed by atoms with E-state index in [0.29, 0.717) is 11.7 Å². The molecule has 0 aliphatic rings. The van der Waals surface area contributed by atoms with Gasteiger partial charge < -0.3 is 4.74 Å². The van der Waals surface area contributed by atoms with Crippen molar-refractivity contribution in [2.45, 2.75) is 34.1 Å². The maximum atomic E-state index is 11.4. The average molecular weight is 220 g/mol. The topological polar surface area (TPSA) is 26.3 Å². The Balaban J connectivity index is 2.71. The summed E-state index contributed by atoms with van der Waals surface area (Å²) < 4.78 is 5.26. The summed E-state index contributed by atoms with van der Waals surface area (Å²) in [7, 11) is 0. The van der Waals surface area contributed by atoms with E-state index in [0.717, 1.165) is 6.42 Å². The van der Waals surface area contributed by atoms with Crippen molar-refractivity contribution in [2.75, 3.05) is 0 Å². The fourth-order valence-electron chi connectivity index (χ4n) is 1.44. The number of hydrogen-bond acceptors (Lipinski definition) is 2. The van der Waals surface area contributed by atoms with E-state index in [-0.39, 0.29) is 11.9 Å². The molecule has 0 aliphatic heterocycles. The summed E-state index contributed by atoms with van der Waals surface area (Å²) >= 11 is 0. The van der Waals surface area contributed by atoms with Crippen LogP contribution in [0, 0.1) is 11.8 Å². The molecular formula is C14H20O2. The van der Waals surface area contributed by atoms with Crippen molar-refractivity contribution in [1.29, 1.82) is 0 Å². The van der Waals surface area contributed by atoms with Crippen LogP contribution in [0.4, 0.5) is 0 Å². The molecular weight excluding hydrogens is 200 g/mol. The molecule has 16 heavy (non-hydrogen) atoms. The first-order chi connectivity index (χ1) is 7.49. The third-order valence-corrected chi connectivity index (χ3v) is 2.23. The first-order valence-electron chi connectivity index (χ1n) is 5.79. The van der Waals surface area contributed by atoms with Crippen LogP contribution in [0.2, 0.25) is 0 Å². The maximum absolute atomic E-state index is 11.4. The highest BCUT2D eigenvalue weighted by Gasteiger charge is 2.09. The van der Waals surface area contributed by atoms with Crippen molar-refractivity contribution >= 4 is 5.97 Å². The fourth-order valence-corrected chi connectivity index (χ4v) is 1.44. The Bertz CT molecular complexity index is 354. The first kappa shape index (κ1) is 12.8. The average Bonchev–Trinajstić information content (AvgIpc) is 2.16. The third-order valence-electron chi connectivity index (χ3n) is 2.23. The van der Waals surface area contributed by atoms with Gasteiger partial charge in [0.05, 0.1) is 5.92 Å². The van der Waals surface area contributed by atoms with E-state index in [9.17, 15) is 4.79 Å². The summed E-state index contributed by atoms with van der Waals surface area (Å²) in [6.07, 6.45) is 1.01. The second-order valence-electron chi connectivity index (χ2n) is 4.82. The zero-order valence-electron chi connectivity index (χ0n) is 10.5. The molecule has 0 radical (unpaired) electrons. The van der Waals surface area contributed by atoms with Crippen LogP contribution >= 0.6 is 0 Å². The number of ether oxygens (including phenoxy) is 1. The van der Waals surface area contributed by atoms with Crippen molar-refractivity contribution in [3.8, 4) is 5.75 Å². The Hall–Kier alpha value is -1.31. The van der Waals surface area contributed by atoms with E-state index in [1.165, 1.54) is 5.56 Å². The predicted molar refractivity (Wildman–Crippen MR) is 65.5 cm³/mol. The molecule has 0 heterocycles. The molecule has 0 atom stereocenters. The Morgan fingerprint density at radius 3 is 2.50 bits per heavy atom. The van der Waals surface area contributed by atoms with Crippen LogP contribution in [0.15, 0.2) is 24.3 Å². The summed E-state index contributed by atoms with van der Waals surface area (Å²) in [5.74, 6) is 0.989. The van der Waals surface area contributed by atoms with Crippen LogP contribution in [0.3, 0.4) is 0 Å². The van der Waals surface area contributed by atoms with Crippen LogP contribution < -0.4 is 4.74 Å². The van der Waals surface area contributed by atoms with E-state index in [4.69, 9.17) is 4.74 Å². The van der Waals surface area contributed by atoms with Gasteiger partial charge in [0.1, 0.15) is 5.75 Å². The number of esters is 1. The fraction of sp³-hybridized carbons (Fsp3) is 0.500. The Morgan fingerprint density at radius 1 is 1.25 bits per heavy atom. The number of benzene rings is 1. The molecule has 0 saturated carbocycles. The molecule has 2 heteroatoms. The lowest BCUT2D eigenvalue weighted by atomic mass is 10.0. The Kier molecular flexibility index (Phi) is 4.53. The van der Waals surface area contributed by atoms with E-state index >= 15 is 0 Å². The maximum Gasteiger partial charge on any atom is 0.313 e. The van der Waals surface area contributed by atoms with Crippen molar-refractivity contribution in [1.82, 2.24) is 0 Å². The number of carbonyl (C=O) groups is 1. The first-order valence-corrected chi connectivity index (χ1v) is 5.79. The smallest absolute Gasteiger partial charge is 0.313 e. The summed E-state index contributed by atoms with van der Waals surface area (Å²) in [5.41, 5.74) is 1.21. The second kappa shape index (κ2) is 5.69. The molecule has 0 spiro atoms. The Morgan fingerprint density at radius 2 is 1.94 bits per heavy atom. The van der Waals surface area contributed by atoms with Gasteiger partial charge in [-0.05, 0) is 30.0 Å². The number of hydrogen-bond donors (Lipinski definition) is 0. The van der Waals surface area contributed by atoms with Crippen LogP contribution in [-0.2, 0) is 11.2 Å². The van der Waals surface area contributed by atoms with Crippen LogP contribution in [0.5, 0.6) is 5.75 Å². The number of rotatable bonds is 4. The van der Waals surface area contributed by atoms with E-state index in [1.54, 1.807) is 0 Å².